The molecule has 1 unspecified atom stereocenters. The second-order valence-corrected chi connectivity index (χ2v) is 6.67. The van der Waals surface area contributed by atoms with Gasteiger partial charge in [-0.1, -0.05) is 12.1 Å². The van der Waals surface area contributed by atoms with Crippen LogP contribution in [0.15, 0.2) is 42.5 Å². The van der Waals surface area contributed by atoms with Crippen LogP contribution < -0.4 is 4.90 Å². The van der Waals surface area contributed by atoms with Crippen LogP contribution in [0.5, 0.6) is 0 Å². The predicted molar refractivity (Wildman–Crippen MR) is 97.4 cm³/mol. The van der Waals surface area contributed by atoms with E-state index in [1.54, 1.807) is 0 Å². The summed E-state index contributed by atoms with van der Waals surface area (Å²) in [5.74, 6) is -0.861. The number of likely N-dealkylation sites (tertiary alicyclic amines) is 1. The van der Waals surface area contributed by atoms with Crippen LogP contribution in [0.4, 0.5) is 19.3 Å². The number of nitrogens with zero attached hydrogens (tertiary/aromatic N) is 2. The number of halogens is 2. The highest BCUT2D eigenvalue weighted by Crippen LogP contribution is 2.32. The first-order valence-electron chi connectivity index (χ1n) is 8.72. The molecule has 3 rings (SSSR count). The molecular weight excluding hydrogens is 338 g/mol. The molecule has 4 nitrogen and oxygen atoms in total. The Hall–Kier alpha value is -2.47. The Kier molecular flexibility index (Phi) is 5.52. The Bertz CT molecular complexity index is 780. The van der Waals surface area contributed by atoms with Gasteiger partial charge in [-0.2, -0.15) is 0 Å². The monoisotopic (exact) mass is 360 g/mol. The topological polar surface area (TPSA) is 43.8 Å². The van der Waals surface area contributed by atoms with E-state index in [0.717, 1.165) is 19.4 Å². The molecule has 26 heavy (non-hydrogen) atoms. The molecule has 2 aromatic carbocycles. The number of carboxylic acid groups (broad SMARTS) is 1. The zero-order valence-electron chi connectivity index (χ0n) is 14.7. The Morgan fingerprint density at radius 3 is 2.50 bits per heavy atom. The van der Waals surface area contributed by atoms with Gasteiger partial charge in [-0.15, -0.1) is 0 Å². The van der Waals surface area contributed by atoms with Crippen molar-refractivity contribution in [3.05, 3.63) is 54.1 Å². The molecule has 6 heteroatoms. The van der Waals surface area contributed by atoms with Crippen LogP contribution in [-0.2, 0) is 0 Å². The van der Waals surface area contributed by atoms with E-state index < -0.39 is 17.7 Å². The molecule has 1 aliphatic rings. The number of anilines is 1. The number of carbonyl (C=O) groups is 1. The van der Waals surface area contributed by atoms with E-state index in [0.29, 0.717) is 35.8 Å². The molecule has 0 aliphatic carbocycles. The van der Waals surface area contributed by atoms with Crippen LogP contribution in [0.3, 0.4) is 0 Å². The zero-order valence-corrected chi connectivity index (χ0v) is 14.7. The molecule has 1 aliphatic heterocycles. The van der Waals surface area contributed by atoms with E-state index in [4.69, 9.17) is 0 Å². The second kappa shape index (κ2) is 7.83. The van der Waals surface area contributed by atoms with Crippen molar-refractivity contribution in [3.63, 3.8) is 0 Å². The van der Waals surface area contributed by atoms with E-state index >= 15 is 0 Å². The Balaban J connectivity index is 1.91. The van der Waals surface area contributed by atoms with Gasteiger partial charge in [0.25, 0.3) is 0 Å². The highest BCUT2D eigenvalue weighted by Gasteiger charge is 2.25. The molecular formula is C20H22F2N2O2. The predicted octanol–water partition coefficient (Wildman–Crippen LogP) is 4.60. The van der Waals surface area contributed by atoms with Gasteiger partial charge in [0.15, 0.2) is 0 Å². The number of rotatable bonds is 5. The van der Waals surface area contributed by atoms with Crippen molar-refractivity contribution < 1.29 is 18.7 Å². The largest absolute Gasteiger partial charge is 0.465 e. The van der Waals surface area contributed by atoms with Gasteiger partial charge in [-0.05, 0) is 68.8 Å². The summed E-state index contributed by atoms with van der Waals surface area (Å²) in [7, 11) is 2.05. The molecule has 1 N–H and O–H groups in total. The first-order valence-corrected chi connectivity index (χ1v) is 8.72. The van der Waals surface area contributed by atoms with Crippen LogP contribution in [0, 0.1) is 11.6 Å². The Morgan fingerprint density at radius 2 is 1.88 bits per heavy atom. The van der Waals surface area contributed by atoms with Crippen LogP contribution in [0.2, 0.25) is 0 Å². The quantitative estimate of drug-likeness (QED) is 0.847. The highest BCUT2D eigenvalue weighted by atomic mass is 19.1. The number of hydrogen-bond acceptors (Lipinski definition) is 2. The number of amides is 1. The van der Waals surface area contributed by atoms with Crippen molar-refractivity contribution in [2.45, 2.75) is 25.3 Å². The van der Waals surface area contributed by atoms with Gasteiger partial charge in [0.1, 0.15) is 11.6 Å². The highest BCUT2D eigenvalue weighted by molar-refractivity contribution is 5.92. The van der Waals surface area contributed by atoms with Crippen LogP contribution in [-0.4, -0.2) is 42.3 Å². The van der Waals surface area contributed by atoms with Gasteiger partial charge in [0.2, 0.25) is 0 Å². The van der Waals surface area contributed by atoms with E-state index in [1.165, 1.54) is 47.4 Å². The summed E-state index contributed by atoms with van der Waals surface area (Å²) >= 11 is 0. The molecule has 0 spiro atoms. The lowest BCUT2D eigenvalue weighted by Crippen LogP contribution is -2.35. The third-order valence-corrected chi connectivity index (χ3v) is 4.99. The number of benzene rings is 2. The number of hydrogen-bond donors (Lipinski definition) is 1. The summed E-state index contributed by atoms with van der Waals surface area (Å²) in [5, 5.41) is 9.71. The fourth-order valence-electron chi connectivity index (χ4n) is 3.55. The Morgan fingerprint density at radius 1 is 1.19 bits per heavy atom. The first kappa shape index (κ1) is 18.3. The van der Waals surface area contributed by atoms with Crippen molar-refractivity contribution in [3.8, 4) is 11.1 Å². The maximum Gasteiger partial charge on any atom is 0.411 e. The fourth-order valence-corrected chi connectivity index (χ4v) is 3.55. The fraction of sp³-hybridized carbons (Fsp3) is 0.350. The van der Waals surface area contributed by atoms with Crippen LogP contribution in [0.1, 0.15) is 19.3 Å². The molecule has 1 atom stereocenters. The maximum absolute atomic E-state index is 13.8. The van der Waals surface area contributed by atoms with Crippen molar-refractivity contribution in [2.24, 2.45) is 0 Å². The van der Waals surface area contributed by atoms with Crippen molar-refractivity contribution >= 4 is 11.8 Å². The minimum absolute atomic E-state index is 0.324. The lowest BCUT2D eigenvalue weighted by Gasteiger charge is -2.26. The van der Waals surface area contributed by atoms with Gasteiger partial charge in [0, 0.05) is 18.2 Å². The van der Waals surface area contributed by atoms with Crippen molar-refractivity contribution in [2.75, 3.05) is 25.0 Å². The van der Waals surface area contributed by atoms with Gasteiger partial charge < -0.3 is 10.0 Å². The normalized spacial score (nSPS) is 17.4. The average molecular weight is 360 g/mol. The summed E-state index contributed by atoms with van der Waals surface area (Å²) < 4.78 is 27.0. The molecule has 2 aromatic rings. The molecule has 0 bridgehead atoms. The van der Waals surface area contributed by atoms with Gasteiger partial charge in [-0.25, -0.2) is 13.6 Å². The van der Waals surface area contributed by atoms with E-state index in [2.05, 4.69) is 4.90 Å². The van der Waals surface area contributed by atoms with Crippen LogP contribution >= 0.6 is 0 Å². The summed E-state index contributed by atoms with van der Waals surface area (Å²) in [4.78, 5) is 15.4. The molecule has 1 heterocycles. The van der Waals surface area contributed by atoms with Gasteiger partial charge >= 0.3 is 6.09 Å². The molecule has 1 fully saturated rings. The molecule has 0 radical (unpaired) electrons. The third-order valence-electron chi connectivity index (χ3n) is 4.99. The first-order chi connectivity index (χ1) is 12.5. The Labute approximate surface area is 151 Å². The summed E-state index contributed by atoms with van der Waals surface area (Å²) in [6.45, 7) is 1.35. The summed E-state index contributed by atoms with van der Waals surface area (Å²) in [6.07, 6.45) is 1.80. The minimum Gasteiger partial charge on any atom is -0.465 e. The minimum atomic E-state index is -1.08. The molecule has 1 amide bonds. The summed E-state index contributed by atoms with van der Waals surface area (Å²) in [6, 6.07) is 9.98. The SMILES string of the molecule is CN1CCCC1CCN(C(=O)O)c1ccc(F)cc1-c1ccc(F)cc1. The van der Waals surface area contributed by atoms with E-state index in [1.807, 2.05) is 7.05 Å². The van der Waals surface area contributed by atoms with Gasteiger partial charge in [-0.3, -0.25) is 4.90 Å². The lowest BCUT2D eigenvalue weighted by molar-refractivity contribution is 0.200. The molecule has 1 saturated heterocycles. The molecule has 0 aromatic heterocycles. The second-order valence-electron chi connectivity index (χ2n) is 6.67. The van der Waals surface area contributed by atoms with Crippen LogP contribution in [0.25, 0.3) is 11.1 Å². The molecule has 0 saturated carbocycles. The van der Waals surface area contributed by atoms with Gasteiger partial charge in [0.05, 0.1) is 5.69 Å². The zero-order chi connectivity index (χ0) is 18.7. The van der Waals surface area contributed by atoms with E-state index in [9.17, 15) is 18.7 Å². The summed E-state index contributed by atoms with van der Waals surface area (Å²) in [5.41, 5.74) is 1.42. The van der Waals surface area contributed by atoms with Crippen molar-refractivity contribution in [1.29, 1.82) is 0 Å². The van der Waals surface area contributed by atoms with E-state index in [-0.39, 0.29) is 0 Å². The maximum atomic E-state index is 13.8. The molecule has 138 valence electrons. The third kappa shape index (κ3) is 4.02. The lowest BCUT2D eigenvalue weighted by atomic mass is 10.0. The smallest absolute Gasteiger partial charge is 0.411 e. The average Bonchev–Trinajstić information content (AvgIpc) is 3.01. The standard InChI is InChI=1S/C20H22F2N2O2/c1-23-11-2-3-17(23)10-12-24(20(25)26)19-9-8-16(22)13-18(19)14-4-6-15(21)7-5-14/h4-9,13,17H,2-3,10-12H2,1H3,(H,25,26). The van der Waals surface area contributed by atoms with Crippen molar-refractivity contribution in [1.82, 2.24) is 4.90 Å².